The first-order valence-corrected chi connectivity index (χ1v) is 24.9. The molecule has 2 aromatic carbocycles. The molecular formula is C52H72F4N8O6. The van der Waals surface area contributed by atoms with Gasteiger partial charge in [-0.25, -0.2) is 17.6 Å². The summed E-state index contributed by atoms with van der Waals surface area (Å²) >= 11 is 0. The molecule has 0 aliphatic carbocycles. The van der Waals surface area contributed by atoms with E-state index in [1.165, 1.54) is 0 Å². The number of likely N-dealkylation sites (tertiary alicyclic amines) is 2. The fraction of sp³-hybridized carbons (Fsp3) is 0.615. The number of morpholine rings is 2. The van der Waals surface area contributed by atoms with Gasteiger partial charge in [0.05, 0.1) is 47.9 Å². The lowest BCUT2D eigenvalue weighted by molar-refractivity contribution is -0.182. The van der Waals surface area contributed by atoms with Crippen molar-refractivity contribution in [1.82, 2.24) is 39.2 Å². The lowest BCUT2D eigenvalue weighted by Gasteiger charge is -2.50. The van der Waals surface area contributed by atoms with Gasteiger partial charge in [-0.1, -0.05) is 0 Å². The second-order valence-electron chi connectivity index (χ2n) is 19.8. The number of hydrogen-bond acceptors (Lipinski definition) is 10. The zero-order valence-electron chi connectivity index (χ0n) is 42.1. The molecule has 0 radical (unpaired) electrons. The van der Waals surface area contributed by atoms with E-state index in [2.05, 4.69) is 10.2 Å². The molecule has 4 fully saturated rings. The van der Waals surface area contributed by atoms with Crippen LogP contribution in [0, 0.1) is 13.8 Å². The SMILES string of the molecule is CCn1ccc(C2CN(CC(F)F)CC3(CCN(C(=O)c4ccc(OC(C)C)c(C)c4)CC3)O2)n1.CCn1nccc1C1CN(CC(F)F)CC2(CCN(C(=O)c3ccc(OC(C)C)c(C)c3)CC2)O1. The minimum absolute atomic E-state index is 0.0279. The van der Waals surface area contributed by atoms with Crippen molar-refractivity contribution < 1.29 is 46.1 Å². The molecule has 18 heteroatoms. The molecule has 14 nitrogen and oxygen atoms in total. The van der Waals surface area contributed by atoms with Crippen molar-refractivity contribution in [2.45, 2.75) is 143 Å². The number of amides is 2. The van der Waals surface area contributed by atoms with Crippen LogP contribution in [0.3, 0.4) is 0 Å². The maximum atomic E-state index is 13.3. The highest BCUT2D eigenvalue weighted by Crippen LogP contribution is 2.40. The number of benzene rings is 2. The second kappa shape index (κ2) is 23.0. The fourth-order valence-corrected chi connectivity index (χ4v) is 10.2. The van der Waals surface area contributed by atoms with Gasteiger partial charge >= 0.3 is 0 Å². The molecular weight excluding hydrogens is 909 g/mol. The van der Waals surface area contributed by atoms with Crippen LogP contribution in [-0.4, -0.2) is 153 Å². The minimum atomic E-state index is -2.41. The number of halogens is 4. The van der Waals surface area contributed by atoms with E-state index in [9.17, 15) is 27.2 Å². The van der Waals surface area contributed by atoms with Gasteiger partial charge in [0.25, 0.3) is 24.7 Å². The first-order valence-electron chi connectivity index (χ1n) is 24.9. The standard InChI is InChI=1S/2C26H36F2N4O3/c1-5-32-11-8-21(29-32)23-15-30(16-24(27)28)17-26(35-23)9-12-31(13-10-26)25(33)20-6-7-22(19(4)14-20)34-18(2)3;1-5-32-21(8-11-29-32)23-15-30(16-24(27)28)17-26(35-23)9-12-31(13-10-26)25(33)20-6-7-22(19(4)14-20)34-18(2)3/h2*6-8,11,14,18,23-24H,5,9-10,12-13,15-17H2,1-4H3. The number of nitrogens with zero attached hydrogens (tertiary/aromatic N) is 8. The van der Waals surface area contributed by atoms with E-state index in [0.29, 0.717) is 95.7 Å². The van der Waals surface area contributed by atoms with E-state index in [-0.39, 0.29) is 49.3 Å². The molecule has 4 saturated heterocycles. The smallest absolute Gasteiger partial charge is 0.253 e. The van der Waals surface area contributed by atoms with E-state index in [0.717, 1.165) is 40.6 Å². The van der Waals surface area contributed by atoms with Crippen LogP contribution in [0.2, 0.25) is 0 Å². The van der Waals surface area contributed by atoms with Crippen LogP contribution in [-0.2, 0) is 22.6 Å². The number of carbonyl (C=O) groups is 2. The van der Waals surface area contributed by atoms with Crippen LogP contribution in [0.1, 0.15) is 123 Å². The van der Waals surface area contributed by atoms with Crippen LogP contribution < -0.4 is 9.47 Å². The van der Waals surface area contributed by atoms with Crippen molar-refractivity contribution in [3.8, 4) is 11.5 Å². The number of alkyl halides is 4. The molecule has 2 unspecified atom stereocenters. The van der Waals surface area contributed by atoms with Gasteiger partial charge in [-0.2, -0.15) is 10.2 Å². The Labute approximate surface area is 410 Å². The van der Waals surface area contributed by atoms with E-state index in [1.54, 1.807) is 28.1 Å². The topological polar surface area (TPSA) is 120 Å². The van der Waals surface area contributed by atoms with Gasteiger partial charge in [-0.05, 0) is 141 Å². The summed E-state index contributed by atoms with van der Waals surface area (Å²) in [6.45, 7) is 20.3. The molecule has 4 aliphatic heterocycles. The molecule has 2 atom stereocenters. The number of hydrogen-bond donors (Lipinski definition) is 0. The van der Waals surface area contributed by atoms with Crippen LogP contribution in [0.25, 0.3) is 0 Å². The molecule has 4 aliphatic rings. The average molecular weight is 981 g/mol. The van der Waals surface area contributed by atoms with Crippen molar-refractivity contribution in [2.24, 2.45) is 0 Å². The molecule has 2 aromatic heterocycles. The molecule has 0 N–H and O–H groups in total. The van der Waals surface area contributed by atoms with Crippen LogP contribution in [0.5, 0.6) is 11.5 Å². The maximum absolute atomic E-state index is 13.3. The summed E-state index contributed by atoms with van der Waals surface area (Å²) in [5.41, 5.74) is 3.63. The Hall–Kier alpha value is -5.04. The summed E-state index contributed by atoms with van der Waals surface area (Å²) in [6, 6.07) is 14.9. The Morgan fingerprint density at radius 3 is 1.57 bits per heavy atom. The fourth-order valence-electron chi connectivity index (χ4n) is 10.2. The monoisotopic (exact) mass is 981 g/mol. The highest BCUT2D eigenvalue weighted by atomic mass is 19.3. The predicted octanol–water partition coefficient (Wildman–Crippen LogP) is 8.62. The normalized spacial score (nSPS) is 20.7. The molecule has 6 heterocycles. The molecule has 2 amide bonds. The largest absolute Gasteiger partial charge is 0.491 e. The van der Waals surface area contributed by atoms with Gasteiger partial charge in [-0.3, -0.25) is 28.8 Å². The molecule has 2 spiro atoms. The lowest BCUT2D eigenvalue weighted by atomic mass is 9.87. The molecule has 70 heavy (non-hydrogen) atoms. The zero-order chi connectivity index (χ0) is 50.3. The lowest BCUT2D eigenvalue weighted by Crippen LogP contribution is -2.58. The number of aromatic nitrogens is 4. The summed E-state index contributed by atoms with van der Waals surface area (Å²) in [5.74, 6) is 1.50. The highest BCUT2D eigenvalue weighted by molar-refractivity contribution is 5.95. The molecule has 8 rings (SSSR count). The summed E-state index contributed by atoms with van der Waals surface area (Å²) in [4.78, 5) is 33.7. The summed E-state index contributed by atoms with van der Waals surface area (Å²) in [7, 11) is 0. The van der Waals surface area contributed by atoms with Crippen LogP contribution >= 0.6 is 0 Å². The van der Waals surface area contributed by atoms with Gasteiger partial charge in [-0.15, -0.1) is 0 Å². The molecule has 384 valence electrons. The van der Waals surface area contributed by atoms with Crippen LogP contribution in [0.4, 0.5) is 17.6 Å². The molecule has 0 bridgehead atoms. The minimum Gasteiger partial charge on any atom is -0.491 e. The third-order valence-electron chi connectivity index (χ3n) is 13.6. The average Bonchev–Trinajstić information content (AvgIpc) is 4.01. The van der Waals surface area contributed by atoms with Crippen molar-refractivity contribution in [3.63, 3.8) is 0 Å². The van der Waals surface area contributed by atoms with Gasteiger partial charge < -0.3 is 28.7 Å². The molecule has 0 saturated carbocycles. The first-order chi connectivity index (χ1) is 33.4. The Morgan fingerprint density at radius 2 is 1.16 bits per heavy atom. The van der Waals surface area contributed by atoms with Crippen LogP contribution in [0.15, 0.2) is 60.9 Å². The van der Waals surface area contributed by atoms with Gasteiger partial charge in [0.2, 0.25) is 0 Å². The Morgan fingerprint density at radius 1 is 0.686 bits per heavy atom. The third-order valence-corrected chi connectivity index (χ3v) is 13.6. The summed E-state index contributed by atoms with van der Waals surface area (Å²) < 4.78 is 81.6. The number of ether oxygens (including phenoxy) is 4. The van der Waals surface area contributed by atoms with Crippen molar-refractivity contribution >= 4 is 11.8 Å². The van der Waals surface area contributed by atoms with Crippen molar-refractivity contribution in [1.29, 1.82) is 0 Å². The second-order valence-corrected chi connectivity index (χ2v) is 19.8. The van der Waals surface area contributed by atoms with Crippen molar-refractivity contribution in [2.75, 3.05) is 65.4 Å². The van der Waals surface area contributed by atoms with E-state index in [1.807, 2.05) is 117 Å². The first kappa shape index (κ1) is 52.8. The van der Waals surface area contributed by atoms with Gasteiger partial charge in [0.1, 0.15) is 23.7 Å². The predicted molar refractivity (Wildman–Crippen MR) is 258 cm³/mol. The molecule has 4 aromatic rings. The Balaban J connectivity index is 0.000000206. The maximum Gasteiger partial charge on any atom is 0.253 e. The summed E-state index contributed by atoms with van der Waals surface area (Å²) in [5, 5.41) is 8.90. The van der Waals surface area contributed by atoms with Crippen molar-refractivity contribution in [3.05, 3.63) is 94.6 Å². The Bertz CT molecular complexity index is 2360. The number of aryl methyl sites for hydroxylation is 4. The summed E-state index contributed by atoms with van der Waals surface area (Å²) in [6.07, 6.45) is 0.610. The van der Waals surface area contributed by atoms with E-state index in [4.69, 9.17) is 18.9 Å². The number of carbonyl (C=O) groups excluding carboxylic acids is 2. The van der Waals surface area contributed by atoms with E-state index < -0.39 is 24.1 Å². The van der Waals surface area contributed by atoms with E-state index >= 15 is 0 Å². The highest BCUT2D eigenvalue weighted by Gasteiger charge is 2.47. The zero-order valence-corrected chi connectivity index (χ0v) is 42.1. The third kappa shape index (κ3) is 13.1. The van der Waals surface area contributed by atoms with Gasteiger partial charge in [0, 0.05) is 89.0 Å². The Kier molecular flexibility index (Phi) is 17.4. The van der Waals surface area contributed by atoms with Gasteiger partial charge in [0.15, 0.2) is 0 Å². The number of piperidine rings is 2. The number of rotatable bonds is 14. The quantitative estimate of drug-likeness (QED) is 0.114.